The first-order valence-electron chi connectivity index (χ1n) is 6.60. The van der Waals surface area contributed by atoms with Gasteiger partial charge in [-0.25, -0.2) is 9.59 Å². The molecule has 1 heterocycles. The van der Waals surface area contributed by atoms with Crippen molar-refractivity contribution in [1.29, 1.82) is 0 Å². The van der Waals surface area contributed by atoms with Crippen molar-refractivity contribution in [2.24, 2.45) is 0 Å². The lowest BCUT2D eigenvalue weighted by Gasteiger charge is -2.29. The molecule has 1 unspecified atom stereocenters. The Morgan fingerprint density at radius 3 is 2.42 bits per heavy atom. The lowest BCUT2D eigenvalue weighted by Crippen LogP contribution is -2.59. The number of hydrogen-bond acceptors (Lipinski definition) is 4. The Hall–Kier alpha value is -1.34. The van der Waals surface area contributed by atoms with E-state index in [1.807, 2.05) is 0 Å². The lowest BCUT2D eigenvalue weighted by molar-refractivity contribution is -0.144. The number of carbonyl (C=O) groups excluding carboxylic acids is 1. The molecule has 0 aromatic heterocycles. The molecule has 108 valence electrons. The Labute approximate surface area is 111 Å². The summed E-state index contributed by atoms with van der Waals surface area (Å²) in [7, 11) is 0. The highest BCUT2D eigenvalue weighted by atomic mass is 16.5. The predicted octanol–water partition coefficient (Wildman–Crippen LogP) is -0.167. The quantitative estimate of drug-likeness (QED) is 0.570. The summed E-state index contributed by atoms with van der Waals surface area (Å²) in [4.78, 5) is 23.1. The summed E-state index contributed by atoms with van der Waals surface area (Å²) in [6, 6.07) is -0.481. The van der Waals surface area contributed by atoms with Crippen LogP contribution < -0.4 is 10.6 Å². The van der Waals surface area contributed by atoms with Crippen LogP contribution in [0.1, 0.15) is 32.1 Å². The van der Waals surface area contributed by atoms with Crippen LogP contribution in [0.25, 0.3) is 0 Å². The number of aliphatic hydroxyl groups is 1. The van der Waals surface area contributed by atoms with E-state index in [1.165, 1.54) is 0 Å². The third-order valence-corrected chi connectivity index (χ3v) is 3.82. The first kappa shape index (κ1) is 14.1. The number of nitrogens with one attached hydrogen (secondary N) is 2. The van der Waals surface area contributed by atoms with Crippen molar-refractivity contribution in [1.82, 2.24) is 10.6 Å². The van der Waals surface area contributed by atoms with Gasteiger partial charge in [-0.15, -0.1) is 0 Å². The van der Waals surface area contributed by atoms with Crippen molar-refractivity contribution >= 4 is 12.0 Å². The fraction of sp³-hybridized carbons (Fsp3) is 0.833. The molecule has 0 bridgehead atoms. The van der Waals surface area contributed by atoms with E-state index < -0.39 is 17.5 Å². The van der Waals surface area contributed by atoms with E-state index in [0.29, 0.717) is 32.3 Å². The zero-order chi connectivity index (χ0) is 13.9. The number of urea groups is 1. The van der Waals surface area contributed by atoms with Gasteiger partial charge in [0.05, 0.1) is 12.7 Å². The molecule has 0 radical (unpaired) electrons. The SMILES string of the molecule is O=C(NC1CCC(O)CC1)NC1(C(=O)O)CCOC1. The van der Waals surface area contributed by atoms with Crippen molar-refractivity contribution in [2.45, 2.75) is 49.8 Å². The molecule has 0 aromatic rings. The maximum absolute atomic E-state index is 11.9. The second kappa shape index (κ2) is 5.75. The number of carbonyl (C=O) groups is 2. The zero-order valence-corrected chi connectivity index (χ0v) is 10.7. The minimum Gasteiger partial charge on any atom is -0.479 e. The van der Waals surface area contributed by atoms with E-state index in [-0.39, 0.29) is 25.2 Å². The molecule has 7 heteroatoms. The van der Waals surface area contributed by atoms with E-state index >= 15 is 0 Å². The summed E-state index contributed by atoms with van der Waals surface area (Å²) < 4.78 is 5.07. The molecule has 1 saturated heterocycles. The summed E-state index contributed by atoms with van der Waals surface area (Å²) in [6.07, 6.45) is 2.75. The van der Waals surface area contributed by atoms with Crippen LogP contribution in [0.15, 0.2) is 0 Å². The third-order valence-electron chi connectivity index (χ3n) is 3.82. The van der Waals surface area contributed by atoms with Gasteiger partial charge in [-0.1, -0.05) is 0 Å². The van der Waals surface area contributed by atoms with Crippen LogP contribution in [0.3, 0.4) is 0 Å². The molecule has 4 N–H and O–H groups in total. The Bertz CT molecular complexity index is 346. The van der Waals surface area contributed by atoms with Crippen LogP contribution >= 0.6 is 0 Å². The third kappa shape index (κ3) is 3.36. The average Bonchev–Trinajstić information content (AvgIpc) is 2.82. The monoisotopic (exact) mass is 272 g/mol. The highest BCUT2D eigenvalue weighted by Gasteiger charge is 2.44. The highest BCUT2D eigenvalue weighted by Crippen LogP contribution is 2.20. The maximum Gasteiger partial charge on any atom is 0.332 e. The van der Waals surface area contributed by atoms with Crippen LogP contribution in [-0.4, -0.2) is 53.1 Å². The first-order chi connectivity index (χ1) is 9.02. The van der Waals surface area contributed by atoms with Gasteiger partial charge in [0.2, 0.25) is 0 Å². The fourth-order valence-electron chi connectivity index (χ4n) is 2.54. The van der Waals surface area contributed by atoms with Crippen LogP contribution in [0.2, 0.25) is 0 Å². The molecule has 1 atom stereocenters. The number of ether oxygens (including phenoxy) is 1. The van der Waals surface area contributed by atoms with Crippen molar-refractivity contribution in [3.05, 3.63) is 0 Å². The van der Waals surface area contributed by atoms with E-state index in [1.54, 1.807) is 0 Å². The number of amides is 2. The normalized spacial score (nSPS) is 34.8. The number of aliphatic hydroxyl groups excluding tert-OH is 1. The second-order valence-electron chi connectivity index (χ2n) is 5.29. The predicted molar refractivity (Wildman–Crippen MR) is 65.7 cm³/mol. The van der Waals surface area contributed by atoms with Crippen LogP contribution in [-0.2, 0) is 9.53 Å². The van der Waals surface area contributed by atoms with Gasteiger partial charge in [0.15, 0.2) is 5.54 Å². The number of carboxylic acid groups (broad SMARTS) is 1. The first-order valence-corrected chi connectivity index (χ1v) is 6.60. The molecule has 19 heavy (non-hydrogen) atoms. The molecule has 0 spiro atoms. The minimum absolute atomic E-state index is 0.000859. The summed E-state index contributed by atoms with van der Waals surface area (Å²) in [5.41, 5.74) is -1.31. The second-order valence-corrected chi connectivity index (χ2v) is 5.29. The molecule has 1 aliphatic heterocycles. The number of aliphatic carboxylic acids is 1. The van der Waals surface area contributed by atoms with Gasteiger partial charge in [-0.05, 0) is 25.7 Å². The van der Waals surface area contributed by atoms with Gasteiger partial charge in [0.1, 0.15) is 0 Å². The van der Waals surface area contributed by atoms with Gasteiger partial charge in [0, 0.05) is 19.1 Å². The largest absolute Gasteiger partial charge is 0.479 e. The molecule has 2 fully saturated rings. The van der Waals surface area contributed by atoms with E-state index in [9.17, 15) is 19.8 Å². The number of hydrogen-bond donors (Lipinski definition) is 4. The van der Waals surface area contributed by atoms with Crippen molar-refractivity contribution in [3.63, 3.8) is 0 Å². The van der Waals surface area contributed by atoms with Crippen LogP contribution in [0.5, 0.6) is 0 Å². The summed E-state index contributed by atoms with van der Waals surface area (Å²) >= 11 is 0. The molecule has 7 nitrogen and oxygen atoms in total. The highest BCUT2D eigenvalue weighted by molar-refractivity contribution is 5.86. The Kier molecular flexibility index (Phi) is 4.26. The van der Waals surface area contributed by atoms with Crippen LogP contribution in [0, 0.1) is 0 Å². The molecule has 1 aliphatic carbocycles. The van der Waals surface area contributed by atoms with Gasteiger partial charge in [-0.2, -0.15) is 0 Å². The molecular weight excluding hydrogens is 252 g/mol. The smallest absolute Gasteiger partial charge is 0.332 e. The fourth-order valence-corrected chi connectivity index (χ4v) is 2.54. The van der Waals surface area contributed by atoms with Gasteiger partial charge in [0.25, 0.3) is 0 Å². The molecule has 1 saturated carbocycles. The molecular formula is C12H20N2O5. The Morgan fingerprint density at radius 2 is 1.89 bits per heavy atom. The maximum atomic E-state index is 11.9. The van der Waals surface area contributed by atoms with Crippen molar-refractivity contribution in [3.8, 4) is 0 Å². The minimum atomic E-state index is -1.31. The van der Waals surface area contributed by atoms with Crippen molar-refractivity contribution < 1.29 is 24.5 Å². The molecule has 0 aromatic carbocycles. The topological polar surface area (TPSA) is 108 Å². The molecule has 2 rings (SSSR count). The summed E-state index contributed by atoms with van der Waals surface area (Å²) in [6.45, 7) is 0.335. The zero-order valence-electron chi connectivity index (χ0n) is 10.7. The lowest BCUT2D eigenvalue weighted by atomic mass is 9.93. The Balaban J connectivity index is 1.85. The van der Waals surface area contributed by atoms with E-state index in [4.69, 9.17) is 4.74 Å². The molecule has 2 aliphatic rings. The van der Waals surface area contributed by atoms with E-state index in [0.717, 1.165) is 0 Å². The standard InChI is InChI=1S/C12H20N2O5/c15-9-3-1-8(2-4-9)13-11(18)14-12(10(16)17)5-6-19-7-12/h8-9,15H,1-7H2,(H,16,17)(H2,13,14,18). The van der Waals surface area contributed by atoms with Gasteiger partial charge in [-0.3, -0.25) is 0 Å². The van der Waals surface area contributed by atoms with Crippen molar-refractivity contribution in [2.75, 3.05) is 13.2 Å². The molecule has 2 amide bonds. The van der Waals surface area contributed by atoms with Crippen LogP contribution in [0.4, 0.5) is 4.79 Å². The number of rotatable bonds is 3. The summed E-state index contributed by atoms with van der Waals surface area (Å²) in [5, 5.41) is 23.9. The Morgan fingerprint density at radius 1 is 1.21 bits per heavy atom. The number of carboxylic acids is 1. The van der Waals surface area contributed by atoms with Gasteiger partial charge < -0.3 is 25.6 Å². The average molecular weight is 272 g/mol. The van der Waals surface area contributed by atoms with E-state index in [2.05, 4.69) is 10.6 Å². The summed E-state index contributed by atoms with van der Waals surface area (Å²) in [5.74, 6) is -1.07. The van der Waals surface area contributed by atoms with Gasteiger partial charge >= 0.3 is 12.0 Å².